The number of rotatable bonds is 7. The van der Waals surface area contributed by atoms with Crippen molar-refractivity contribution in [1.82, 2.24) is 9.78 Å². The molecule has 4 rings (SSSR count). The summed E-state index contributed by atoms with van der Waals surface area (Å²) in [5.74, 6) is -0.710. The highest BCUT2D eigenvalue weighted by Crippen LogP contribution is 2.31. The molecule has 2 aromatic carbocycles. The predicted octanol–water partition coefficient (Wildman–Crippen LogP) is 5.94. The number of thiophene rings is 1. The van der Waals surface area contributed by atoms with E-state index in [1.54, 1.807) is 10.7 Å². The van der Waals surface area contributed by atoms with Gasteiger partial charge in [0.1, 0.15) is 10.8 Å². The number of halogens is 1. The maximum Gasteiger partial charge on any atom is 0.340 e. The molecular weight excluding hydrogens is 483 g/mol. The van der Waals surface area contributed by atoms with Gasteiger partial charge in [0.25, 0.3) is 0 Å². The molecule has 0 bridgehead atoms. The van der Waals surface area contributed by atoms with Crippen LogP contribution in [0.15, 0.2) is 60.7 Å². The first-order chi connectivity index (χ1) is 16.8. The number of methoxy groups -OCH3 is 1. The third-order valence-electron chi connectivity index (χ3n) is 5.48. The molecule has 180 valence electrons. The Labute approximate surface area is 212 Å². The number of ether oxygens (including phenoxy) is 1. The van der Waals surface area contributed by atoms with E-state index < -0.39 is 5.97 Å². The van der Waals surface area contributed by atoms with E-state index in [-0.39, 0.29) is 5.82 Å². The topological polar surface area (TPSA) is 68.2 Å². The van der Waals surface area contributed by atoms with E-state index in [2.05, 4.69) is 15.7 Å². The summed E-state index contributed by atoms with van der Waals surface area (Å²) in [6.45, 7) is 4.24. The number of nitrogens with zero attached hydrogens (tertiary/aromatic N) is 2. The summed E-state index contributed by atoms with van der Waals surface area (Å²) in [7, 11) is 1.36. The second kappa shape index (κ2) is 10.8. The van der Waals surface area contributed by atoms with Gasteiger partial charge in [0, 0.05) is 11.3 Å². The molecule has 9 heteroatoms. The number of aryl methyl sites for hydroxylation is 1. The van der Waals surface area contributed by atoms with E-state index in [1.165, 1.54) is 30.6 Å². The van der Waals surface area contributed by atoms with E-state index in [0.29, 0.717) is 28.6 Å². The van der Waals surface area contributed by atoms with Crippen LogP contribution in [0.5, 0.6) is 0 Å². The highest BCUT2D eigenvalue weighted by molar-refractivity contribution is 7.80. The maximum absolute atomic E-state index is 13.6. The minimum atomic E-state index is -0.430. The lowest BCUT2D eigenvalue weighted by molar-refractivity contribution is 0.0602. The first-order valence-corrected chi connectivity index (χ1v) is 12.2. The maximum atomic E-state index is 13.6. The van der Waals surface area contributed by atoms with Crippen LogP contribution in [0.3, 0.4) is 0 Å². The summed E-state index contributed by atoms with van der Waals surface area (Å²) >= 11 is 7.02. The molecule has 0 saturated carbocycles. The molecule has 2 N–H and O–H groups in total. The van der Waals surface area contributed by atoms with Gasteiger partial charge in [0.15, 0.2) is 5.11 Å². The number of nitrogens with one attached hydrogen (secondary N) is 2. The lowest BCUT2D eigenvalue weighted by atomic mass is 10.1. The number of benzene rings is 2. The zero-order chi connectivity index (χ0) is 24.9. The number of thiocarbonyl (C=S) groups is 1. The second-order valence-electron chi connectivity index (χ2n) is 8.02. The quantitative estimate of drug-likeness (QED) is 0.238. The van der Waals surface area contributed by atoms with E-state index in [0.717, 1.165) is 33.1 Å². The van der Waals surface area contributed by atoms with Gasteiger partial charge < -0.3 is 15.4 Å². The number of hydrogen-bond acceptors (Lipinski definition) is 5. The van der Waals surface area contributed by atoms with Crippen LogP contribution in [0.4, 0.5) is 15.1 Å². The van der Waals surface area contributed by atoms with Crippen molar-refractivity contribution in [2.24, 2.45) is 0 Å². The fourth-order valence-electron chi connectivity index (χ4n) is 3.77. The van der Waals surface area contributed by atoms with Gasteiger partial charge >= 0.3 is 5.97 Å². The number of aromatic nitrogens is 2. The number of anilines is 2. The molecule has 0 aliphatic heterocycles. The van der Waals surface area contributed by atoms with Gasteiger partial charge in [-0.1, -0.05) is 42.5 Å². The Morgan fingerprint density at radius 2 is 1.83 bits per heavy atom. The van der Waals surface area contributed by atoms with Gasteiger partial charge in [-0.15, -0.1) is 11.3 Å². The Morgan fingerprint density at radius 1 is 1.09 bits per heavy atom. The molecular formula is C26H25FN4O2S2. The molecule has 0 aliphatic rings. The molecule has 0 aliphatic carbocycles. The second-order valence-corrected chi connectivity index (χ2v) is 9.57. The van der Waals surface area contributed by atoms with Crippen molar-refractivity contribution in [2.45, 2.75) is 26.8 Å². The summed E-state index contributed by atoms with van der Waals surface area (Å²) in [6, 6.07) is 18.3. The number of hydrogen-bond donors (Lipinski definition) is 2. The average molecular weight is 509 g/mol. The summed E-state index contributed by atoms with van der Waals surface area (Å²) in [5.41, 5.74) is 4.78. The van der Waals surface area contributed by atoms with Crippen LogP contribution in [0, 0.1) is 19.7 Å². The fourth-order valence-corrected chi connectivity index (χ4v) is 5.12. The van der Waals surface area contributed by atoms with Gasteiger partial charge in [0.05, 0.1) is 36.3 Å². The van der Waals surface area contributed by atoms with Gasteiger partial charge in [0.2, 0.25) is 0 Å². The van der Waals surface area contributed by atoms with Gasteiger partial charge in [-0.05, 0) is 55.4 Å². The van der Waals surface area contributed by atoms with E-state index in [1.807, 2.05) is 56.3 Å². The monoisotopic (exact) mass is 508 g/mol. The molecule has 0 atom stereocenters. The number of carbonyl (C=O) groups is 1. The minimum absolute atomic E-state index is 0.281. The van der Waals surface area contributed by atoms with Crippen molar-refractivity contribution in [3.05, 3.63) is 99.4 Å². The summed E-state index contributed by atoms with van der Waals surface area (Å²) < 4.78 is 20.3. The lowest BCUT2D eigenvalue weighted by Crippen LogP contribution is -2.20. The van der Waals surface area contributed by atoms with Crippen molar-refractivity contribution in [2.75, 3.05) is 17.7 Å². The molecule has 0 unspecified atom stereocenters. The number of carbonyl (C=O) groups excluding carboxylic acids is 1. The summed E-state index contributed by atoms with van der Waals surface area (Å²) in [5, 5.41) is 11.9. The zero-order valence-electron chi connectivity index (χ0n) is 19.6. The van der Waals surface area contributed by atoms with Crippen LogP contribution >= 0.6 is 23.6 Å². The molecule has 0 saturated heterocycles. The fraction of sp³-hybridized carbons (Fsp3) is 0.192. The van der Waals surface area contributed by atoms with Crippen LogP contribution in [-0.2, 0) is 17.7 Å². The van der Waals surface area contributed by atoms with E-state index in [9.17, 15) is 9.18 Å². The first-order valence-electron chi connectivity index (χ1n) is 11.0. The van der Waals surface area contributed by atoms with Crippen molar-refractivity contribution >= 4 is 45.3 Å². The molecule has 35 heavy (non-hydrogen) atoms. The number of esters is 1. The molecule has 0 spiro atoms. The first kappa shape index (κ1) is 24.6. The highest BCUT2D eigenvalue weighted by atomic mass is 32.1. The van der Waals surface area contributed by atoms with E-state index in [4.69, 9.17) is 17.0 Å². The average Bonchev–Trinajstić information content (AvgIpc) is 3.34. The summed E-state index contributed by atoms with van der Waals surface area (Å²) in [6.07, 6.45) is 0.697. The largest absolute Gasteiger partial charge is 0.465 e. The SMILES string of the molecule is COC(=O)c1cc(Cc2ccccc2)sc1NC(=S)Nc1c(C)nn(Cc2cccc(F)c2)c1C. The highest BCUT2D eigenvalue weighted by Gasteiger charge is 2.19. The Bertz CT molecular complexity index is 1370. The van der Waals surface area contributed by atoms with Crippen molar-refractivity contribution < 1.29 is 13.9 Å². The molecule has 2 heterocycles. The Morgan fingerprint density at radius 3 is 2.54 bits per heavy atom. The van der Waals surface area contributed by atoms with Gasteiger partial charge in [-0.3, -0.25) is 4.68 Å². The summed E-state index contributed by atoms with van der Waals surface area (Å²) in [4.78, 5) is 13.4. The lowest BCUT2D eigenvalue weighted by Gasteiger charge is -2.11. The van der Waals surface area contributed by atoms with Crippen LogP contribution < -0.4 is 10.6 Å². The van der Waals surface area contributed by atoms with Gasteiger partial charge in [-0.2, -0.15) is 5.10 Å². The van der Waals surface area contributed by atoms with Crippen LogP contribution in [0.1, 0.15) is 37.7 Å². The van der Waals surface area contributed by atoms with Gasteiger partial charge in [-0.25, -0.2) is 9.18 Å². The zero-order valence-corrected chi connectivity index (χ0v) is 21.2. The molecule has 0 fully saturated rings. The Hall–Kier alpha value is -3.56. The predicted molar refractivity (Wildman–Crippen MR) is 142 cm³/mol. The van der Waals surface area contributed by atoms with E-state index >= 15 is 0 Å². The smallest absolute Gasteiger partial charge is 0.340 e. The normalized spacial score (nSPS) is 10.7. The molecule has 4 aromatic rings. The standard InChI is InChI=1S/C26H25FN4O2S2/c1-16-23(17(2)31(30-16)15-19-10-7-11-20(27)12-19)28-26(34)29-24-22(25(32)33-3)14-21(35-24)13-18-8-5-4-6-9-18/h4-12,14H,13,15H2,1-3H3,(H2,28,29,34). The van der Waals surface area contributed by atoms with Crippen molar-refractivity contribution in [1.29, 1.82) is 0 Å². The minimum Gasteiger partial charge on any atom is -0.465 e. The third kappa shape index (κ3) is 5.93. The molecule has 2 aromatic heterocycles. The van der Waals surface area contributed by atoms with Crippen LogP contribution in [0.25, 0.3) is 0 Å². The van der Waals surface area contributed by atoms with Crippen molar-refractivity contribution in [3.8, 4) is 0 Å². The van der Waals surface area contributed by atoms with Crippen molar-refractivity contribution in [3.63, 3.8) is 0 Å². The van der Waals surface area contributed by atoms with Crippen LogP contribution in [0.2, 0.25) is 0 Å². The Kier molecular flexibility index (Phi) is 7.57. The third-order valence-corrected chi connectivity index (χ3v) is 6.73. The molecule has 0 radical (unpaired) electrons. The molecule has 0 amide bonds. The molecule has 6 nitrogen and oxygen atoms in total. The Balaban J connectivity index is 1.51. The van der Waals surface area contributed by atoms with Crippen LogP contribution in [-0.4, -0.2) is 28.0 Å².